The van der Waals surface area contributed by atoms with Crippen LogP contribution in [0.15, 0.2) is 97.5 Å². The van der Waals surface area contributed by atoms with E-state index in [0.717, 1.165) is 44.2 Å². The van der Waals surface area contributed by atoms with Gasteiger partial charge in [0.2, 0.25) is 0 Å². The summed E-state index contributed by atoms with van der Waals surface area (Å²) >= 11 is 0. The average Bonchev–Trinajstić information content (AvgIpc) is 2.75. The molecule has 0 atom stereocenters. The molecule has 0 unspecified atom stereocenters. The number of ether oxygens (including phenoxy) is 2. The molecule has 0 amide bonds. The highest BCUT2D eigenvalue weighted by Gasteiger charge is 2.18. The van der Waals surface area contributed by atoms with Gasteiger partial charge in [0.1, 0.15) is 11.5 Å². The van der Waals surface area contributed by atoms with Gasteiger partial charge in [-0.2, -0.15) is 0 Å². The number of allylic oxidation sites excluding steroid dienone is 2. The van der Waals surface area contributed by atoms with Crippen molar-refractivity contribution in [2.75, 3.05) is 0 Å². The van der Waals surface area contributed by atoms with E-state index in [0.29, 0.717) is 0 Å². The maximum atomic E-state index is 6.00. The van der Waals surface area contributed by atoms with Gasteiger partial charge in [0.05, 0.1) is 12.5 Å². The topological polar surface area (TPSA) is 18.5 Å². The summed E-state index contributed by atoms with van der Waals surface area (Å²) in [6.07, 6.45) is 7.20. The van der Waals surface area contributed by atoms with E-state index < -0.39 is 0 Å². The van der Waals surface area contributed by atoms with Crippen molar-refractivity contribution in [3.05, 3.63) is 97.5 Å². The summed E-state index contributed by atoms with van der Waals surface area (Å²) in [6.45, 7) is 3.89. The zero-order valence-electron chi connectivity index (χ0n) is 16.1. The largest absolute Gasteiger partial charge is 0.465 e. The molecule has 0 aliphatic heterocycles. The van der Waals surface area contributed by atoms with Gasteiger partial charge in [0.25, 0.3) is 0 Å². The fourth-order valence-corrected chi connectivity index (χ4v) is 3.50. The fraction of sp³-hybridized carbons (Fsp3) is 0.0769. The number of hydrogen-bond donors (Lipinski definition) is 0. The first-order chi connectivity index (χ1) is 13.8. The van der Waals surface area contributed by atoms with Crippen LogP contribution >= 0.6 is 0 Å². The minimum absolute atomic E-state index is 0.804. The van der Waals surface area contributed by atoms with Crippen molar-refractivity contribution in [2.24, 2.45) is 0 Å². The molecule has 0 saturated heterocycles. The van der Waals surface area contributed by atoms with Crippen molar-refractivity contribution in [1.82, 2.24) is 0 Å². The van der Waals surface area contributed by atoms with Crippen LogP contribution in [0.4, 0.5) is 0 Å². The van der Waals surface area contributed by atoms with E-state index in [-0.39, 0.29) is 0 Å². The summed E-state index contributed by atoms with van der Waals surface area (Å²) in [5.41, 5.74) is 2.07. The Morgan fingerprint density at radius 3 is 1.39 bits per heavy atom. The van der Waals surface area contributed by atoms with Crippen LogP contribution in [0.2, 0.25) is 0 Å². The summed E-state index contributed by atoms with van der Waals surface area (Å²) in [7, 11) is 0. The van der Waals surface area contributed by atoms with Crippen molar-refractivity contribution in [3.63, 3.8) is 0 Å². The van der Waals surface area contributed by atoms with Gasteiger partial charge in [-0.3, -0.25) is 0 Å². The first kappa shape index (κ1) is 17.9. The highest BCUT2D eigenvalue weighted by molar-refractivity contribution is 6.09. The van der Waals surface area contributed by atoms with Crippen LogP contribution in [-0.4, -0.2) is 0 Å². The van der Waals surface area contributed by atoms with Crippen molar-refractivity contribution in [2.45, 2.75) is 13.8 Å². The molecule has 0 radical (unpaired) electrons. The Balaban J connectivity index is 2.12. The molecular weight excluding hydrogens is 344 g/mol. The van der Waals surface area contributed by atoms with Gasteiger partial charge in [0, 0.05) is 11.1 Å². The van der Waals surface area contributed by atoms with Crippen molar-refractivity contribution < 1.29 is 9.47 Å². The minimum Gasteiger partial charge on any atom is -0.465 e. The smallest absolute Gasteiger partial charge is 0.135 e. The van der Waals surface area contributed by atoms with Crippen LogP contribution in [0.5, 0.6) is 11.5 Å². The highest BCUT2D eigenvalue weighted by Crippen LogP contribution is 2.45. The molecule has 0 N–H and O–H groups in total. The molecule has 0 bridgehead atoms. The predicted octanol–water partition coefficient (Wildman–Crippen LogP) is 7.48. The van der Waals surface area contributed by atoms with Crippen LogP contribution in [0.25, 0.3) is 32.7 Å². The lowest BCUT2D eigenvalue weighted by Gasteiger charge is -2.17. The van der Waals surface area contributed by atoms with Crippen LogP contribution in [0, 0.1) is 0 Å². The summed E-state index contributed by atoms with van der Waals surface area (Å²) in [6, 6.07) is 25.0. The van der Waals surface area contributed by atoms with Gasteiger partial charge in [-0.25, -0.2) is 0 Å². The Morgan fingerprint density at radius 1 is 0.536 bits per heavy atom. The second-order valence-electron chi connectivity index (χ2n) is 6.49. The molecule has 2 nitrogen and oxygen atoms in total. The first-order valence-electron chi connectivity index (χ1n) is 9.43. The molecule has 4 aromatic carbocycles. The van der Waals surface area contributed by atoms with E-state index in [1.165, 1.54) is 0 Å². The normalized spacial score (nSPS) is 11.6. The Bertz CT molecular complexity index is 1090. The monoisotopic (exact) mass is 366 g/mol. The third-order valence-electron chi connectivity index (χ3n) is 4.69. The number of rotatable bonds is 5. The van der Waals surface area contributed by atoms with Crippen molar-refractivity contribution >= 4 is 21.5 Å². The summed E-state index contributed by atoms with van der Waals surface area (Å²) in [5, 5.41) is 4.59. The Labute approximate surface area is 165 Å². The maximum absolute atomic E-state index is 6.00. The number of fused-ring (bicyclic) bond motifs is 2. The van der Waals surface area contributed by atoms with E-state index >= 15 is 0 Å². The predicted molar refractivity (Wildman–Crippen MR) is 118 cm³/mol. The second kappa shape index (κ2) is 8.01. The molecule has 0 spiro atoms. The molecule has 28 heavy (non-hydrogen) atoms. The molecule has 0 heterocycles. The highest BCUT2D eigenvalue weighted by atomic mass is 16.5. The summed E-state index contributed by atoms with van der Waals surface area (Å²) in [4.78, 5) is 0. The van der Waals surface area contributed by atoms with Gasteiger partial charge in [-0.1, -0.05) is 72.8 Å². The third-order valence-corrected chi connectivity index (χ3v) is 4.69. The molecule has 0 aromatic heterocycles. The SMILES string of the molecule is C/C=C/Oc1ccc2ccccc2c1-c1c(O/C=C/C)ccc2ccccc12. The maximum Gasteiger partial charge on any atom is 0.135 e. The standard InChI is InChI=1S/C26H22O2/c1-3-17-27-23-15-13-19-9-5-7-11-21(19)25(23)26-22-12-8-6-10-20(22)14-16-24(26)28-18-4-2/h3-18H,1-2H3/b17-3+,18-4+. The lowest BCUT2D eigenvalue weighted by molar-refractivity contribution is 0.476. The van der Waals surface area contributed by atoms with Crippen LogP contribution < -0.4 is 9.47 Å². The molecule has 4 aromatic rings. The molecular formula is C26H22O2. The summed E-state index contributed by atoms with van der Waals surface area (Å²) in [5.74, 6) is 1.61. The van der Waals surface area contributed by atoms with E-state index in [9.17, 15) is 0 Å². The third kappa shape index (κ3) is 3.25. The molecule has 2 heteroatoms. The molecule has 0 aliphatic rings. The van der Waals surface area contributed by atoms with E-state index in [1.54, 1.807) is 12.5 Å². The zero-order chi connectivity index (χ0) is 19.3. The van der Waals surface area contributed by atoms with Crippen LogP contribution in [0.3, 0.4) is 0 Å². The van der Waals surface area contributed by atoms with Gasteiger partial charge >= 0.3 is 0 Å². The van der Waals surface area contributed by atoms with Crippen LogP contribution in [0.1, 0.15) is 13.8 Å². The lowest BCUT2D eigenvalue weighted by Crippen LogP contribution is -1.94. The Kier molecular flexibility index (Phi) is 5.11. The first-order valence-corrected chi connectivity index (χ1v) is 9.43. The van der Waals surface area contributed by atoms with E-state index in [2.05, 4.69) is 60.7 Å². The molecule has 0 aliphatic carbocycles. The molecule has 4 rings (SSSR count). The quantitative estimate of drug-likeness (QED) is 0.341. The van der Waals surface area contributed by atoms with Gasteiger partial charge < -0.3 is 9.47 Å². The molecule has 0 fully saturated rings. The second-order valence-corrected chi connectivity index (χ2v) is 6.49. The number of benzene rings is 4. The van der Waals surface area contributed by atoms with Gasteiger partial charge in [-0.15, -0.1) is 0 Å². The Morgan fingerprint density at radius 2 is 0.964 bits per heavy atom. The van der Waals surface area contributed by atoms with Crippen molar-refractivity contribution in [1.29, 1.82) is 0 Å². The molecule has 138 valence electrons. The zero-order valence-corrected chi connectivity index (χ0v) is 16.1. The Hall–Kier alpha value is -3.52. The average molecular weight is 366 g/mol. The minimum atomic E-state index is 0.804. The summed E-state index contributed by atoms with van der Waals surface area (Å²) < 4.78 is 12.0. The molecule has 0 saturated carbocycles. The number of hydrogen-bond acceptors (Lipinski definition) is 2. The van der Waals surface area contributed by atoms with Gasteiger partial charge in [0.15, 0.2) is 0 Å². The van der Waals surface area contributed by atoms with Gasteiger partial charge in [-0.05, 0) is 47.5 Å². The fourth-order valence-electron chi connectivity index (χ4n) is 3.50. The van der Waals surface area contributed by atoms with E-state index in [4.69, 9.17) is 9.47 Å². The van der Waals surface area contributed by atoms with E-state index in [1.807, 2.05) is 38.1 Å². The van der Waals surface area contributed by atoms with Crippen molar-refractivity contribution in [3.8, 4) is 22.6 Å². The van der Waals surface area contributed by atoms with Crippen LogP contribution in [-0.2, 0) is 0 Å². The lowest BCUT2D eigenvalue weighted by atomic mass is 9.92.